The Morgan fingerprint density at radius 2 is 2.05 bits per heavy atom. The van der Waals surface area contributed by atoms with Crippen LogP contribution in [0.1, 0.15) is 38.8 Å². The number of thioether (sulfide) groups is 1. The predicted molar refractivity (Wildman–Crippen MR) is 89.4 cm³/mol. The van der Waals surface area contributed by atoms with E-state index in [4.69, 9.17) is 0 Å². The van der Waals surface area contributed by atoms with Crippen LogP contribution in [0.15, 0.2) is 18.2 Å². The van der Waals surface area contributed by atoms with E-state index in [-0.39, 0.29) is 11.9 Å². The normalized spacial score (nSPS) is 14.1. The molecule has 1 rings (SSSR count). The van der Waals surface area contributed by atoms with Crippen molar-refractivity contribution in [2.75, 3.05) is 30.5 Å². The number of nitrogens with one attached hydrogen (secondary N) is 1. The summed E-state index contributed by atoms with van der Waals surface area (Å²) in [5.74, 6) is 0.976. The van der Waals surface area contributed by atoms with Crippen molar-refractivity contribution >= 4 is 17.4 Å². The van der Waals surface area contributed by atoms with Crippen molar-refractivity contribution in [3.05, 3.63) is 29.6 Å². The Morgan fingerprint density at radius 3 is 2.65 bits per heavy atom. The Bertz CT molecular complexity index is 411. The molecule has 0 aliphatic carbocycles. The van der Waals surface area contributed by atoms with Gasteiger partial charge < -0.3 is 10.2 Å². The van der Waals surface area contributed by atoms with Crippen LogP contribution < -0.4 is 10.2 Å². The van der Waals surface area contributed by atoms with Crippen molar-refractivity contribution in [1.29, 1.82) is 0 Å². The SMILES string of the molecule is CCNC(C)c1cc(F)ccc1N(C)C(C)CCSC. The number of benzene rings is 1. The van der Waals surface area contributed by atoms with Gasteiger partial charge in [0.15, 0.2) is 0 Å². The molecule has 0 aliphatic heterocycles. The highest BCUT2D eigenvalue weighted by atomic mass is 32.2. The van der Waals surface area contributed by atoms with Crippen LogP contribution in [0, 0.1) is 5.82 Å². The zero-order valence-electron chi connectivity index (χ0n) is 13.2. The quantitative estimate of drug-likeness (QED) is 0.778. The molecule has 114 valence electrons. The summed E-state index contributed by atoms with van der Waals surface area (Å²) in [5, 5.41) is 3.37. The number of rotatable bonds is 8. The van der Waals surface area contributed by atoms with E-state index in [9.17, 15) is 4.39 Å². The molecule has 2 nitrogen and oxygen atoms in total. The molecule has 0 aromatic heterocycles. The Kier molecular flexibility index (Phi) is 7.38. The van der Waals surface area contributed by atoms with Gasteiger partial charge in [-0.3, -0.25) is 0 Å². The molecule has 0 heterocycles. The number of hydrogen-bond acceptors (Lipinski definition) is 3. The summed E-state index contributed by atoms with van der Waals surface area (Å²) in [5.41, 5.74) is 2.15. The van der Waals surface area contributed by atoms with Crippen LogP contribution >= 0.6 is 11.8 Å². The van der Waals surface area contributed by atoms with Crippen LogP contribution in [-0.2, 0) is 0 Å². The maximum atomic E-state index is 13.6. The van der Waals surface area contributed by atoms with Gasteiger partial charge in [-0.2, -0.15) is 11.8 Å². The predicted octanol–water partition coefficient (Wildman–Crippen LogP) is 4.07. The zero-order chi connectivity index (χ0) is 15.1. The standard InChI is InChI=1S/C16H27FN2S/c1-6-18-13(3)15-11-14(17)7-8-16(15)19(4)12(2)9-10-20-5/h7-8,11-13,18H,6,9-10H2,1-5H3. The lowest BCUT2D eigenvalue weighted by Gasteiger charge is -2.30. The Labute approximate surface area is 127 Å². The van der Waals surface area contributed by atoms with Gasteiger partial charge >= 0.3 is 0 Å². The molecule has 20 heavy (non-hydrogen) atoms. The van der Waals surface area contributed by atoms with E-state index in [1.54, 1.807) is 12.1 Å². The molecule has 0 amide bonds. The highest BCUT2D eigenvalue weighted by Gasteiger charge is 2.17. The van der Waals surface area contributed by atoms with Crippen LogP contribution in [0.2, 0.25) is 0 Å². The van der Waals surface area contributed by atoms with E-state index in [2.05, 4.69) is 44.3 Å². The fourth-order valence-corrected chi connectivity index (χ4v) is 2.91. The topological polar surface area (TPSA) is 15.3 Å². The summed E-state index contributed by atoms with van der Waals surface area (Å²) in [6, 6.07) is 5.70. The smallest absolute Gasteiger partial charge is 0.123 e. The van der Waals surface area contributed by atoms with E-state index in [0.29, 0.717) is 6.04 Å². The largest absolute Gasteiger partial charge is 0.372 e. The van der Waals surface area contributed by atoms with Gasteiger partial charge in [0, 0.05) is 24.8 Å². The minimum Gasteiger partial charge on any atom is -0.372 e. The summed E-state index contributed by atoms with van der Waals surface area (Å²) < 4.78 is 13.6. The summed E-state index contributed by atoms with van der Waals surface area (Å²) >= 11 is 1.86. The third kappa shape index (κ3) is 4.67. The van der Waals surface area contributed by atoms with Crippen LogP contribution in [0.25, 0.3) is 0 Å². The first-order chi connectivity index (χ1) is 9.51. The molecule has 1 N–H and O–H groups in total. The third-order valence-electron chi connectivity index (χ3n) is 3.75. The maximum Gasteiger partial charge on any atom is 0.123 e. The molecule has 0 spiro atoms. The van der Waals surface area contributed by atoms with Crippen molar-refractivity contribution in [2.45, 2.75) is 39.3 Å². The van der Waals surface area contributed by atoms with Crippen LogP contribution in [0.4, 0.5) is 10.1 Å². The van der Waals surface area contributed by atoms with E-state index in [1.165, 1.54) is 0 Å². The van der Waals surface area contributed by atoms with Gasteiger partial charge in [-0.15, -0.1) is 0 Å². The van der Waals surface area contributed by atoms with Crippen LogP contribution in [-0.4, -0.2) is 31.6 Å². The van der Waals surface area contributed by atoms with E-state index < -0.39 is 0 Å². The van der Waals surface area contributed by atoms with E-state index in [1.807, 2.05) is 17.8 Å². The fraction of sp³-hybridized carbons (Fsp3) is 0.625. The monoisotopic (exact) mass is 298 g/mol. The van der Waals surface area contributed by atoms with Gasteiger partial charge in [-0.05, 0) is 62.6 Å². The maximum absolute atomic E-state index is 13.6. The lowest BCUT2D eigenvalue weighted by molar-refractivity contribution is 0.577. The van der Waals surface area contributed by atoms with Crippen molar-refractivity contribution in [3.8, 4) is 0 Å². The Morgan fingerprint density at radius 1 is 1.35 bits per heavy atom. The molecule has 1 aromatic rings. The molecule has 1 aromatic carbocycles. The second-order valence-electron chi connectivity index (χ2n) is 5.22. The molecule has 2 atom stereocenters. The first-order valence-corrected chi connectivity index (χ1v) is 8.65. The average Bonchev–Trinajstić information content (AvgIpc) is 2.44. The molecular weight excluding hydrogens is 271 g/mol. The first kappa shape index (κ1) is 17.3. The van der Waals surface area contributed by atoms with Gasteiger partial charge in [0.05, 0.1) is 0 Å². The molecule has 0 saturated heterocycles. The molecule has 0 saturated carbocycles. The van der Waals surface area contributed by atoms with Gasteiger partial charge in [-0.1, -0.05) is 6.92 Å². The minimum absolute atomic E-state index is 0.154. The Balaban J connectivity index is 2.97. The fourth-order valence-electron chi connectivity index (χ4n) is 2.33. The van der Waals surface area contributed by atoms with Gasteiger partial charge in [0.1, 0.15) is 5.82 Å². The second-order valence-corrected chi connectivity index (χ2v) is 6.21. The summed E-state index contributed by atoms with van der Waals surface area (Å²) in [6.07, 6.45) is 3.26. The second kappa shape index (κ2) is 8.53. The van der Waals surface area contributed by atoms with Gasteiger partial charge in [0.25, 0.3) is 0 Å². The first-order valence-electron chi connectivity index (χ1n) is 7.25. The number of anilines is 1. The molecular formula is C16H27FN2S. The Hall–Kier alpha value is -0.740. The van der Waals surface area contributed by atoms with Crippen molar-refractivity contribution < 1.29 is 4.39 Å². The zero-order valence-corrected chi connectivity index (χ0v) is 14.1. The highest BCUT2D eigenvalue weighted by molar-refractivity contribution is 7.98. The minimum atomic E-state index is -0.168. The summed E-state index contributed by atoms with van der Waals surface area (Å²) in [7, 11) is 2.10. The number of hydrogen-bond donors (Lipinski definition) is 1. The lowest BCUT2D eigenvalue weighted by Crippen LogP contribution is -2.31. The van der Waals surface area contributed by atoms with E-state index >= 15 is 0 Å². The third-order valence-corrected chi connectivity index (χ3v) is 4.39. The van der Waals surface area contributed by atoms with Crippen LogP contribution in [0.5, 0.6) is 0 Å². The molecule has 0 fully saturated rings. The number of halogens is 1. The van der Waals surface area contributed by atoms with E-state index in [0.717, 1.165) is 30.0 Å². The van der Waals surface area contributed by atoms with Crippen molar-refractivity contribution in [2.24, 2.45) is 0 Å². The van der Waals surface area contributed by atoms with Crippen molar-refractivity contribution in [1.82, 2.24) is 5.32 Å². The lowest BCUT2D eigenvalue weighted by atomic mass is 10.0. The van der Waals surface area contributed by atoms with Crippen LogP contribution in [0.3, 0.4) is 0 Å². The highest BCUT2D eigenvalue weighted by Crippen LogP contribution is 2.28. The summed E-state index contributed by atoms with van der Waals surface area (Å²) in [4.78, 5) is 2.26. The van der Waals surface area contributed by atoms with Gasteiger partial charge in [0.2, 0.25) is 0 Å². The molecule has 4 heteroatoms. The molecule has 0 radical (unpaired) electrons. The number of nitrogens with zero attached hydrogens (tertiary/aromatic N) is 1. The molecule has 0 bridgehead atoms. The van der Waals surface area contributed by atoms with Gasteiger partial charge in [-0.25, -0.2) is 4.39 Å². The molecule has 2 unspecified atom stereocenters. The van der Waals surface area contributed by atoms with Crippen molar-refractivity contribution in [3.63, 3.8) is 0 Å². The molecule has 0 aliphatic rings. The summed E-state index contributed by atoms with van der Waals surface area (Å²) in [6.45, 7) is 7.26. The average molecular weight is 298 g/mol.